The normalized spacial score (nSPS) is 14.6. The number of likely N-dealkylation sites (tertiary alicyclic amines) is 1. The lowest BCUT2D eigenvalue weighted by molar-refractivity contribution is -0.131. The fourth-order valence-corrected chi connectivity index (χ4v) is 4.08. The lowest BCUT2D eigenvalue weighted by Crippen LogP contribution is -2.34. The standard InChI is InChI=1S/C24H31ClN4O2/c1-18-21(19(2)29(27-18)17-20-9-5-6-10-22(20)25)11-12-23(30)26-14-13-24(31)28-15-7-3-4-8-16-28/h5-6,9-12H,3-4,7-8,13-17H2,1-2H3,(H,26,30)/b12-11+. The first-order valence-corrected chi connectivity index (χ1v) is 11.3. The summed E-state index contributed by atoms with van der Waals surface area (Å²) in [5, 5.41) is 8.12. The molecule has 166 valence electrons. The Morgan fingerprint density at radius 1 is 1.13 bits per heavy atom. The third-order valence-corrected chi connectivity index (χ3v) is 6.08. The molecule has 0 unspecified atom stereocenters. The number of benzene rings is 1. The number of hydrogen-bond donors (Lipinski definition) is 1. The molecular formula is C24H31ClN4O2. The van der Waals surface area contributed by atoms with Gasteiger partial charge in [-0.05, 0) is 44.4 Å². The van der Waals surface area contributed by atoms with Gasteiger partial charge in [-0.3, -0.25) is 14.3 Å². The highest BCUT2D eigenvalue weighted by molar-refractivity contribution is 6.31. The van der Waals surface area contributed by atoms with E-state index in [-0.39, 0.29) is 11.8 Å². The largest absolute Gasteiger partial charge is 0.352 e. The zero-order chi connectivity index (χ0) is 22.2. The number of halogens is 1. The molecule has 0 saturated carbocycles. The lowest BCUT2D eigenvalue weighted by Gasteiger charge is -2.20. The van der Waals surface area contributed by atoms with Crippen LogP contribution >= 0.6 is 11.6 Å². The van der Waals surface area contributed by atoms with Gasteiger partial charge >= 0.3 is 0 Å². The monoisotopic (exact) mass is 442 g/mol. The third kappa shape index (κ3) is 6.44. The van der Waals surface area contributed by atoms with E-state index in [2.05, 4.69) is 10.4 Å². The van der Waals surface area contributed by atoms with Crippen LogP contribution in [0.5, 0.6) is 0 Å². The van der Waals surface area contributed by atoms with Crippen molar-refractivity contribution in [3.05, 3.63) is 57.9 Å². The molecule has 0 aliphatic carbocycles. The minimum atomic E-state index is -0.207. The van der Waals surface area contributed by atoms with Crippen LogP contribution in [0.3, 0.4) is 0 Å². The topological polar surface area (TPSA) is 67.2 Å². The van der Waals surface area contributed by atoms with Gasteiger partial charge in [0.1, 0.15) is 0 Å². The van der Waals surface area contributed by atoms with E-state index in [4.69, 9.17) is 11.6 Å². The van der Waals surface area contributed by atoms with Crippen LogP contribution in [0, 0.1) is 13.8 Å². The number of carbonyl (C=O) groups excluding carboxylic acids is 2. The van der Waals surface area contributed by atoms with Gasteiger partial charge in [0.2, 0.25) is 11.8 Å². The first-order valence-electron chi connectivity index (χ1n) is 11.0. The Kier molecular flexibility index (Phi) is 8.29. The molecular weight excluding hydrogens is 412 g/mol. The van der Waals surface area contributed by atoms with Crippen molar-refractivity contribution in [1.82, 2.24) is 20.0 Å². The summed E-state index contributed by atoms with van der Waals surface area (Å²) < 4.78 is 1.90. The molecule has 2 aromatic rings. The van der Waals surface area contributed by atoms with Gasteiger partial charge < -0.3 is 10.2 Å². The summed E-state index contributed by atoms with van der Waals surface area (Å²) in [5.74, 6) is -0.0833. The van der Waals surface area contributed by atoms with Crippen molar-refractivity contribution in [2.24, 2.45) is 0 Å². The van der Waals surface area contributed by atoms with Crippen LogP contribution in [0.4, 0.5) is 0 Å². The first kappa shape index (κ1) is 23.1. The van der Waals surface area contributed by atoms with Gasteiger partial charge in [-0.2, -0.15) is 5.10 Å². The molecule has 0 bridgehead atoms. The second-order valence-corrected chi connectivity index (χ2v) is 8.41. The number of carbonyl (C=O) groups is 2. The van der Waals surface area contributed by atoms with Gasteiger partial charge in [0.15, 0.2) is 0 Å². The Hall–Kier alpha value is -2.60. The highest BCUT2D eigenvalue weighted by atomic mass is 35.5. The highest BCUT2D eigenvalue weighted by Crippen LogP contribution is 2.20. The summed E-state index contributed by atoms with van der Waals surface area (Å²) in [4.78, 5) is 26.5. The first-order chi connectivity index (χ1) is 15.0. The maximum Gasteiger partial charge on any atom is 0.244 e. The van der Waals surface area contributed by atoms with Crippen LogP contribution in [-0.2, 0) is 16.1 Å². The quantitative estimate of drug-likeness (QED) is 0.656. The zero-order valence-corrected chi connectivity index (χ0v) is 19.1. The fourth-order valence-electron chi connectivity index (χ4n) is 3.88. The number of rotatable bonds is 7. The minimum Gasteiger partial charge on any atom is -0.352 e. The molecule has 1 N–H and O–H groups in total. The molecule has 7 heteroatoms. The van der Waals surface area contributed by atoms with Crippen molar-refractivity contribution in [3.8, 4) is 0 Å². The van der Waals surface area contributed by atoms with Crippen LogP contribution in [0.1, 0.15) is 54.6 Å². The number of nitrogens with one attached hydrogen (secondary N) is 1. The van der Waals surface area contributed by atoms with E-state index in [9.17, 15) is 9.59 Å². The minimum absolute atomic E-state index is 0.124. The van der Waals surface area contributed by atoms with E-state index in [1.54, 1.807) is 6.08 Å². The number of nitrogens with zero attached hydrogens (tertiary/aromatic N) is 3. The number of hydrogen-bond acceptors (Lipinski definition) is 3. The summed E-state index contributed by atoms with van der Waals surface area (Å²) in [5.41, 5.74) is 3.74. The molecule has 1 saturated heterocycles. The Morgan fingerprint density at radius 2 is 1.84 bits per heavy atom. The molecule has 0 atom stereocenters. The van der Waals surface area contributed by atoms with Gasteiger partial charge in [-0.15, -0.1) is 0 Å². The van der Waals surface area contributed by atoms with Crippen molar-refractivity contribution in [3.63, 3.8) is 0 Å². The van der Waals surface area contributed by atoms with E-state index in [1.165, 1.54) is 18.9 Å². The van der Waals surface area contributed by atoms with Crippen molar-refractivity contribution in [2.45, 2.75) is 52.5 Å². The smallest absolute Gasteiger partial charge is 0.244 e. The number of aryl methyl sites for hydroxylation is 1. The van der Waals surface area contributed by atoms with Crippen molar-refractivity contribution >= 4 is 29.5 Å². The van der Waals surface area contributed by atoms with Gasteiger partial charge in [0.05, 0.1) is 12.2 Å². The summed E-state index contributed by atoms with van der Waals surface area (Å²) in [7, 11) is 0. The average Bonchev–Trinajstić information content (AvgIpc) is 2.94. The summed E-state index contributed by atoms with van der Waals surface area (Å²) in [6, 6.07) is 7.71. The summed E-state index contributed by atoms with van der Waals surface area (Å²) >= 11 is 6.27. The lowest BCUT2D eigenvalue weighted by atomic mass is 10.1. The Bertz CT molecular complexity index is 943. The molecule has 6 nitrogen and oxygen atoms in total. The molecule has 2 heterocycles. The van der Waals surface area contributed by atoms with E-state index < -0.39 is 0 Å². The van der Waals surface area contributed by atoms with Gasteiger partial charge in [-0.1, -0.05) is 42.6 Å². The molecule has 2 amide bonds. The molecule has 1 aromatic heterocycles. The van der Waals surface area contributed by atoms with Crippen LogP contribution in [0.25, 0.3) is 6.08 Å². The number of aromatic nitrogens is 2. The Labute approximate surface area is 189 Å². The predicted molar refractivity (Wildman–Crippen MR) is 124 cm³/mol. The maximum absolute atomic E-state index is 12.3. The Balaban J connectivity index is 1.52. The van der Waals surface area contributed by atoms with E-state index >= 15 is 0 Å². The molecule has 1 aromatic carbocycles. The van der Waals surface area contributed by atoms with Crippen LogP contribution < -0.4 is 5.32 Å². The second-order valence-electron chi connectivity index (χ2n) is 8.00. The zero-order valence-electron chi connectivity index (χ0n) is 18.4. The maximum atomic E-state index is 12.3. The van der Waals surface area contributed by atoms with E-state index in [0.717, 1.165) is 48.4 Å². The van der Waals surface area contributed by atoms with Crippen LogP contribution in [0.2, 0.25) is 5.02 Å². The second kappa shape index (κ2) is 11.1. The number of amides is 2. The van der Waals surface area contributed by atoms with E-state index in [1.807, 2.05) is 47.7 Å². The Morgan fingerprint density at radius 3 is 2.55 bits per heavy atom. The molecule has 0 spiro atoms. The average molecular weight is 443 g/mol. The van der Waals surface area contributed by atoms with Crippen LogP contribution in [0.15, 0.2) is 30.3 Å². The van der Waals surface area contributed by atoms with Crippen molar-refractivity contribution in [2.75, 3.05) is 19.6 Å². The summed E-state index contributed by atoms with van der Waals surface area (Å²) in [6.07, 6.45) is 8.17. The van der Waals surface area contributed by atoms with Gasteiger partial charge in [0.25, 0.3) is 0 Å². The highest BCUT2D eigenvalue weighted by Gasteiger charge is 2.15. The molecule has 0 radical (unpaired) electrons. The van der Waals surface area contributed by atoms with Crippen molar-refractivity contribution in [1.29, 1.82) is 0 Å². The SMILES string of the molecule is Cc1nn(Cc2ccccc2Cl)c(C)c1/C=C/C(=O)NCCC(=O)N1CCCCCC1. The van der Waals surface area contributed by atoms with Gasteiger partial charge in [0, 0.05) is 48.4 Å². The van der Waals surface area contributed by atoms with Crippen molar-refractivity contribution < 1.29 is 9.59 Å². The molecule has 1 fully saturated rings. The third-order valence-electron chi connectivity index (χ3n) is 5.71. The van der Waals surface area contributed by atoms with Crippen LogP contribution in [-0.4, -0.2) is 46.1 Å². The summed E-state index contributed by atoms with van der Waals surface area (Å²) in [6.45, 7) is 6.50. The fraction of sp³-hybridized carbons (Fsp3) is 0.458. The molecule has 1 aliphatic heterocycles. The van der Waals surface area contributed by atoms with E-state index in [0.29, 0.717) is 24.5 Å². The molecule has 1 aliphatic rings. The predicted octanol–water partition coefficient (Wildman–Crippen LogP) is 4.12. The molecule has 3 rings (SSSR count). The van der Waals surface area contributed by atoms with Gasteiger partial charge in [-0.25, -0.2) is 0 Å². The molecule has 31 heavy (non-hydrogen) atoms.